The highest BCUT2D eigenvalue weighted by molar-refractivity contribution is 5.81. The third kappa shape index (κ3) is 2.46. The Hall–Kier alpha value is -2.04. The summed E-state index contributed by atoms with van der Waals surface area (Å²) >= 11 is 0. The van der Waals surface area contributed by atoms with Crippen molar-refractivity contribution in [1.82, 2.24) is 10.2 Å². The molecular formula is C19H24N2O3. The van der Waals surface area contributed by atoms with Gasteiger partial charge < -0.3 is 15.0 Å². The fourth-order valence-corrected chi connectivity index (χ4v) is 4.40. The SMILES string of the molecule is COC(=O)NC1CC(C(=O)N2CC3CC3(c3ccc(C)cc3)C2)C1. The van der Waals surface area contributed by atoms with Crippen LogP contribution in [0.25, 0.3) is 0 Å². The molecule has 2 atom stereocenters. The number of methoxy groups -OCH3 is 1. The molecule has 1 aromatic carbocycles. The molecule has 1 heterocycles. The van der Waals surface area contributed by atoms with Gasteiger partial charge in [0.15, 0.2) is 0 Å². The summed E-state index contributed by atoms with van der Waals surface area (Å²) in [6.07, 6.45) is 2.25. The quantitative estimate of drug-likeness (QED) is 0.926. The van der Waals surface area contributed by atoms with Crippen molar-refractivity contribution in [3.63, 3.8) is 0 Å². The van der Waals surface area contributed by atoms with Gasteiger partial charge in [0.1, 0.15) is 0 Å². The van der Waals surface area contributed by atoms with Crippen LogP contribution in [0.1, 0.15) is 30.4 Å². The Balaban J connectivity index is 1.34. The second kappa shape index (κ2) is 5.50. The van der Waals surface area contributed by atoms with Crippen LogP contribution in [0.2, 0.25) is 0 Å². The minimum Gasteiger partial charge on any atom is -0.453 e. The van der Waals surface area contributed by atoms with Crippen molar-refractivity contribution in [2.45, 2.75) is 37.6 Å². The van der Waals surface area contributed by atoms with Crippen molar-refractivity contribution in [2.75, 3.05) is 20.2 Å². The monoisotopic (exact) mass is 328 g/mol. The number of ether oxygens (including phenoxy) is 1. The van der Waals surface area contributed by atoms with Crippen molar-refractivity contribution < 1.29 is 14.3 Å². The highest BCUT2D eigenvalue weighted by Crippen LogP contribution is 2.59. The average molecular weight is 328 g/mol. The maximum Gasteiger partial charge on any atom is 0.407 e. The second-order valence-corrected chi connectivity index (χ2v) is 7.64. The molecule has 0 aromatic heterocycles. The molecule has 0 bridgehead atoms. The van der Waals surface area contributed by atoms with E-state index >= 15 is 0 Å². The number of carbonyl (C=O) groups excluding carboxylic acids is 2. The highest BCUT2D eigenvalue weighted by Gasteiger charge is 2.62. The van der Waals surface area contributed by atoms with Crippen LogP contribution in [0.3, 0.4) is 0 Å². The second-order valence-electron chi connectivity index (χ2n) is 7.64. The predicted octanol–water partition coefficient (Wildman–Crippen LogP) is 2.23. The van der Waals surface area contributed by atoms with Crippen molar-refractivity contribution in [2.24, 2.45) is 11.8 Å². The zero-order chi connectivity index (χ0) is 16.9. The summed E-state index contributed by atoms with van der Waals surface area (Å²) in [6.45, 7) is 3.84. The van der Waals surface area contributed by atoms with Gasteiger partial charge in [-0.1, -0.05) is 29.8 Å². The van der Waals surface area contributed by atoms with Crippen LogP contribution >= 0.6 is 0 Å². The number of carbonyl (C=O) groups is 2. The molecule has 1 aromatic rings. The normalized spacial score (nSPS) is 33.4. The molecule has 5 nitrogen and oxygen atoms in total. The Morgan fingerprint density at radius 1 is 1.25 bits per heavy atom. The molecule has 24 heavy (non-hydrogen) atoms. The topological polar surface area (TPSA) is 58.6 Å². The number of piperidine rings is 1. The van der Waals surface area contributed by atoms with Gasteiger partial charge in [0, 0.05) is 30.5 Å². The Morgan fingerprint density at radius 3 is 2.62 bits per heavy atom. The molecule has 2 aliphatic carbocycles. The summed E-state index contributed by atoms with van der Waals surface area (Å²) in [4.78, 5) is 25.9. The van der Waals surface area contributed by atoms with Crippen LogP contribution in [0, 0.1) is 18.8 Å². The first-order valence-corrected chi connectivity index (χ1v) is 8.72. The molecule has 1 N–H and O–H groups in total. The number of aryl methyl sites for hydroxylation is 1. The van der Waals surface area contributed by atoms with Gasteiger partial charge in [0.25, 0.3) is 0 Å². The molecule has 3 fully saturated rings. The van der Waals surface area contributed by atoms with Crippen LogP contribution < -0.4 is 5.32 Å². The van der Waals surface area contributed by atoms with Crippen LogP contribution in [0.4, 0.5) is 4.79 Å². The molecule has 5 heteroatoms. The zero-order valence-corrected chi connectivity index (χ0v) is 14.2. The summed E-state index contributed by atoms with van der Waals surface area (Å²) in [5.74, 6) is 0.935. The molecule has 128 valence electrons. The molecule has 2 amide bonds. The van der Waals surface area contributed by atoms with Crippen LogP contribution in [-0.4, -0.2) is 43.1 Å². The first-order valence-electron chi connectivity index (χ1n) is 8.72. The van der Waals surface area contributed by atoms with Gasteiger partial charge in [-0.3, -0.25) is 4.79 Å². The van der Waals surface area contributed by atoms with Crippen molar-refractivity contribution in [3.05, 3.63) is 35.4 Å². The van der Waals surface area contributed by atoms with Gasteiger partial charge in [-0.15, -0.1) is 0 Å². The third-order valence-electron chi connectivity index (χ3n) is 6.08. The first kappa shape index (κ1) is 15.5. The minimum absolute atomic E-state index is 0.0553. The van der Waals surface area contributed by atoms with Gasteiger partial charge in [0.05, 0.1) is 7.11 Å². The smallest absolute Gasteiger partial charge is 0.407 e. The lowest BCUT2D eigenvalue weighted by molar-refractivity contribution is -0.138. The Kier molecular flexibility index (Phi) is 3.55. The van der Waals surface area contributed by atoms with E-state index in [2.05, 4.69) is 41.2 Å². The van der Waals surface area contributed by atoms with Gasteiger partial charge in [0.2, 0.25) is 5.91 Å². The van der Waals surface area contributed by atoms with E-state index in [-0.39, 0.29) is 23.3 Å². The lowest BCUT2D eigenvalue weighted by atomic mass is 9.79. The largest absolute Gasteiger partial charge is 0.453 e. The molecule has 2 unspecified atom stereocenters. The maximum absolute atomic E-state index is 12.7. The Bertz CT molecular complexity index is 666. The van der Waals surface area contributed by atoms with E-state index in [0.29, 0.717) is 5.92 Å². The van der Waals surface area contributed by atoms with Gasteiger partial charge in [-0.05, 0) is 37.7 Å². The summed E-state index contributed by atoms with van der Waals surface area (Å²) in [6, 6.07) is 8.86. The Labute approximate surface area is 142 Å². The molecule has 1 saturated heterocycles. The van der Waals surface area contributed by atoms with Crippen molar-refractivity contribution in [1.29, 1.82) is 0 Å². The van der Waals surface area contributed by atoms with Gasteiger partial charge in [-0.25, -0.2) is 4.79 Å². The lowest BCUT2D eigenvalue weighted by Crippen LogP contribution is -2.50. The minimum atomic E-state index is -0.411. The molecule has 2 saturated carbocycles. The molecule has 0 radical (unpaired) electrons. The number of likely N-dealkylation sites (tertiary alicyclic amines) is 1. The first-order chi connectivity index (χ1) is 11.5. The standard InChI is InChI=1S/C19H24N2O3/c1-12-3-5-14(6-4-12)19-9-15(19)10-21(11-19)17(22)13-7-16(8-13)20-18(23)24-2/h3-6,13,15-16H,7-11H2,1-2H3,(H,20,23). The van der Waals surface area contributed by atoms with Crippen molar-refractivity contribution >= 4 is 12.0 Å². The number of alkyl carbamates (subject to hydrolysis) is 1. The van der Waals surface area contributed by atoms with E-state index in [1.807, 2.05) is 4.90 Å². The van der Waals surface area contributed by atoms with E-state index in [1.54, 1.807) is 0 Å². The van der Waals surface area contributed by atoms with E-state index in [9.17, 15) is 9.59 Å². The van der Waals surface area contributed by atoms with Crippen LogP contribution in [0.5, 0.6) is 0 Å². The fraction of sp³-hybridized carbons (Fsp3) is 0.579. The number of hydrogen-bond donors (Lipinski definition) is 1. The molecule has 1 aliphatic heterocycles. The number of nitrogens with one attached hydrogen (secondary N) is 1. The van der Waals surface area contributed by atoms with Gasteiger partial charge >= 0.3 is 6.09 Å². The predicted molar refractivity (Wildman–Crippen MR) is 89.6 cm³/mol. The molecule has 3 aliphatic rings. The van der Waals surface area contributed by atoms with E-state index < -0.39 is 6.09 Å². The van der Waals surface area contributed by atoms with E-state index in [1.165, 1.54) is 24.7 Å². The zero-order valence-electron chi connectivity index (χ0n) is 14.2. The molecule has 0 spiro atoms. The number of fused-ring (bicyclic) bond motifs is 1. The average Bonchev–Trinajstić information content (AvgIpc) is 3.11. The van der Waals surface area contributed by atoms with E-state index in [4.69, 9.17) is 0 Å². The maximum atomic E-state index is 12.7. The number of rotatable bonds is 3. The van der Waals surface area contributed by atoms with Crippen LogP contribution in [-0.2, 0) is 14.9 Å². The van der Waals surface area contributed by atoms with Crippen LogP contribution in [0.15, 0.2) is 24.3 Å². The summed E-state index contributed by atoms with van der Waals surface area (Å²) < 4.78 is 4.60. The van der Waals surface area contributed by atoms with Gasteiger partial charge in [-0.2, -0.15) is 0 Å². The Morgan fingerprint density at radius 2 is 1.96 bits per heavy atom. The summed E-state index contributed by atoms with van der Waals surface area (Å²) in [5, 5.41) is 2.77. The molecular weight excluding hydrogens is 304 g/mol. The number of benzene rings is 1. The lowest BCUT2D eigenvalue weighted by Gasteiger charge is -2.37. The van der Waals surface area contributed by atoms with Crippen molar-refractivity contribution in [3.8, 4) is 0 Å². The summed E-state index contributed by atoms with van der Waals surface area (Å²) in [5.41, 5.74) is 2.86. The summed E-state index contributed by atoms with van der Waals surface area (Å²) in [7, 11) is 1.36. The third-order valence-corrected chi connectivity index (χ3v) is 6.08. The number of amides is 2. The number of hydrogen-bond acceptors (Lipinski definition) is 3. The highest BCUT2D eigenvalue weighted by atomic mass is 16.5. The number of nitrogens with zero attached hydrogens (tertiary/aromatic N) is 1. The fourth-order valence-electron chi connectivity index (χ4n) is 4.40. The molecule has 4 rings (SSSR count). The van der Waals surface area contributed by atoms with E-state index in [0.717, 1.165) is 25.9 Å².